The Morgan fingerprint density at radius 2 is 1.85 bits per heavy atom. The van der Waals surface area contributed by atoms with Crippen LogP contribution in [0.2, 0.25) is 0 Å². The number of nitrogens with zero attached hydrogens (tertiary/aromatic N) is 4. The molecule has 0 spiro atoms. The SMILES string of the molecule is COCc1c(C#N)nnn1C12CC3CC(CC(C3)C1)C2. The molecule has 4 aliphatic rings. The van der Waals surface area contributed by atoms with Crippen molar-refractivity contribution < 1.29 is 4.74 Å². The van der Waals surface area contributed by atoms with Crippen LogP contribution < -0.4 is 0 Å². The van der Waals surface area contributed by atoms with Crippen molar-refractivity contribution in [1.82, 2.24) is 15.0 Å². The van der Waals surface area contributed by atoms with E-state index in [9.17, 15) is 5.26 Å². The van der Waals surface area contributed by atoms with E-state index in [1.807, 2.05) is 0 Å². The standard InChI is InChI=1S/C15H20N4O/c1-20-9-14-13(8-16)17-18-19(14)15-5-10-2-11(6-15)4-12(3-10)7-15/h10-12H,2-7,9H2,1H3. The van der Waals surface area contributed by atoms with Crippen molar-refractivity contribution in [3.05, 3.63) is 11.4 Å². The van der Waals surface area contributed by atoms with E-state index in [0.29, 0.717) is 12.3 Å². The fourth-order valence-corrected chi connectivity index (χ4v) is 5.36. The number of aromatic nitrogens is 3. The topological polar surface area (TPSA) is 63.7 Å². The summed E-state index contributed by atoms with van der Waals surface area (Å²) in [4.78, 5) is 0. The highest BCUT2D eigenvalue weighted by Gasteiger charge is 2.53. The van der Waals surface area contributed by atoms with Gasteiger partial charge in [0.2, 0.25) is 0 Å². The zero-order chi connectivity index (χ0) is 13.7. The summed E-state index contributed by atoms with van der Waals surface area (Å²) in [6, 6.07) is 2.16. The zero-order valence-corrected chi connectivity index (χ0v) is 11.9. The summed E-state index contributed by atoms with van der Waals surface area (Å²) in [5, 5.41) is 17.7. The molecule has 0 unspecified atom stereocenters. The summed E-state index contributed by atoms with van der Waals surface area (Å²) in [5.74, 6) is 2.56. The van der Waals surface area contributed by atoms with Crippen molar-refractivity contribution in [3.8, 4) is 6.07 Å². The maximum atomic E-state index is 9.22. The van der Waals surface area contributed by atoms with Crippen LogP contribution >= 0.6 is 0 Å². The third-order valence-corrected chi connectivity index (χ3v) is 5.61. The van der Waals surface area contributed by atoms with Gasteiger partial charge in [-0.05, 0) is 56.3 Å². The predicted octanol–water partition coefficient (Wildman–Crippen LogP) is 2.22. The highest BCUT2D eigenvalue weighted by atomic mass is 16.5. The second-order valence-electron chi connectivity index (χ2n) is 6.98. The van der Waals surface area contributed by atoms with E-state index >= 15 is 0 Å². The zero-order valence-electron chi connectivity index (χ0n) is 11.9. The summed E-state index contributed by atoms with van der Waals surface area (Å²) in [5.41, 5.74) is 1.42. The van der Waals surface area contributed by atoms with Gasteiger partial charge in [-0.15, -0.1) is 5.10 Å². The molecule has 4 aliphatic carbocycles. The lowest BCUT2D eigenvalue weighted by Gasteiger charge is -2.56. The maximum Gasteiger partial charge on any atom is 0.188 e. The van der Waals surface area contributed by atoms with Crippen LogP contribution in [0.1, 0.15) is 49.9 Å². The van der Waals surface area contributed by atoms with Crippen molar-refractivity contribution in [1.29, 1.82) is 5.26 Å². The Labute approximate surface area is 118 Å². The van der Waals surface area contributed by atoms with Gasteiger partial charge in [0.05, 0.1) is 12.1 Å². The van der Waals surface area contributed by atoms with Gasteiger partial charge in [-0.2, -0.15) is 5.26 Å². The lowest BCUT2D eigenvalue weighted by molar-refractivity contribution is -0.0532. The third kappa shape index (κ3) is 1.64. The van der Waals surface area contributed by atoms with Gasteiger partial charge < -0.3 is 4.74 Å². The van der Waals surface area contributed by atoms with Crippen LogP contribution in [0.25, 0.3) is 0 Å². The van der Waals surface area contributed by atoms with Crippen molar-refractivity contribution in [3.63, 3.8) is 0 Å². The molecule has 5 nitrogen and oxygen atoms in total. The average Bonchev–Trinajstić information content (AvgIpc) is 2.81. The molecular formula is C15H20N4O. The van der Waals surface area contributed by atoms with Crippen molar-refractivity contribution in [2.75, 3.05) is 7.11 Å². The molecule has 4 saturated carbocycles. The fraction of sp³-hybridized carbons (Fsp3) is 0.800. The van der Waals surface area contributed by atoms with Gasteiger partial charge in [0.15, 0.2) is 5.69 Å². The van der Waals surface area contributed by atoms with Crippen LogP contribution in [-0.2, 0) is 16.9 Å². The lowest BCUT2D eigenvalue weighted by atomic mass is 9.53. The molecule has 0 saturated heterocycles. The second-order valence-corrected chi connectivity index (χ2v) is 6.98. The predicted molar refractivity (Wildman–Crippen MR) is 71.6 cm³/mol. The molecule has 0 radical (unpaired) electrons. The van der Waals surface area contributed by atoms with Crippen LogP contribution in [0.4, 0.5) is 0 Å². The molecule has 0 aromatic carbocycles. The maximum absolute atomic E-state index is 9.22. The molecule has 0 aliphatic heterocycles. The Morgan fingerprint density at radius 1 is 1.25 bits per heavy atom. The fourth-order valence-electron chi connectivity index (χ4n) is 5.36. The van der Waals surface area contributed by atoms with Crippen molar-refractivity contribution >= 4 is 0 Å². The first kappa shape index (κ1) is 12.3. The molecule has 4 bridgehead atoms. The van der Waals surface area contributed by atoms with Gasteiger partial charge in [0.1, 0.15) is 11.8 Å². The number of rotatable bonds is 3. The summed E-state index contributed by atoms with van der Waals surface area (Å²) in [7, 11) is 1.66. The number of hydrogen-bond acceptors (Lipinski definition) is 4. The molecule has 5 heteroatoms. The van der Waals surface area contributed by atoms with E-state index in [0.717, 1.165) is 23.4 Å². The van der Waals surface area contributed by atoms with Crippen molar-refractivity contribution in [2.45, 2.75) is 50.7 Å². The molecule has 0 atom stereocenters. The van der Waals surface area contributed by atoms with Crippen LogP contribution in [0.3, 0.4) is 0 Å². The summed E-state index contributed by atoms with van der Waals surface area (Å²) >= 11 is 0. The third-order valence-electron chi connectivity index (χ3n) is 5.61. The van der Waals surface area contributed by atoms with Crippen molar-refractivity contribution in [2.24, 2.45) is 17.8 Å². The second kappa shape index (κ2) is 4.29. The van der Waals surface area contributed by atoms with E-state index in [-0.39, 0.29) is 5.54 Å². The van der Waals surface area contributed by atoms with E-state index in [1.54, 1.807) is 7.11 Å². The van der Waals surface area contributed by atoms with Crippen LogP contribution in [0.15, 0.2) is 0 Å². The van der Waals surface area contributed by atoms with Crippen LogP contribution in [0, 0.1) is 29.1 Å². The molecule has 1 aromatic rings. The van der Waals surface area contributed by atoms with E-state index in [1.165, 1.54) is 38.5 Å². The highest BCUT2D eigenvalue weighted by molar-refractivity contribution is 5.26. The Balaban J connectivity index is 1.77. The molecule has 5 rings (SSSR count). The Kier molecular flexibility index (Phi) is 2.65. The Bertz CT molecular complexity index is 536. The average molecular weight is 272 g/mol. The molecule has 1 aromatic heterocycles. The summed E-state index contributed by atoms with van der Waals surface area (Å²) in [6.07, 6.45) is 7.84. The van der Waals surface area contributed by atoms with Crippen LogP contribution in [-0.4, -0.2) is 22.1 Å². The van der Waals surface area contributed by atoms with E-state index < -0.39 is 0 Å². The van der Waals surface area contributed by atoms with Gasteiger partial charge in [0, 0.05) is 7.11 Å². The minimum Gasteiger partial charge on any atom is -0.378 e. The first-order valence-electron chi connectivity index (χ1n) is 7.58. The van der Waals surface area contributed by atoms with Gasteiger partial charge in [-0.25, -0.2) is 4.68 Å². The van der Waals surface area contributed by atoms with Crippen LogP contribution in [0.5, 0.6) is 0 Å². The van der Waals surface area contributed by atoms with Gasteiger partial charge in [-0.3, -0.25) is 0 Å². The molecular weight excluding hydrogens is 252 g/mol. The number of nitriles is 1. The van der Waals surface area contributed by atoms with Gasteiger partial charge in [-0.1, -0.05) is 5.21 Å². The smallest absolute Gasteiger partial charge is 0.188 e. The largest absolute Gasteiger partial charge is 0.378 e. The molecule has 0 N–H and O–H groups in total. The summed E-state index contributed by atoms with van der Waals surface area (Å²) < 4.78 is 7.35. The van der Waals surface area contributed by atoms with E-state index in [4.69, 9.17) is 4.74 Å². The Hall–Kier alpha value is -1.41. The first-order valence-corrected chi connectivity index (χ1v) is 7.58. The van der Waals surface area contributed by atoms with Gasteiger partial charge in [0.25, 0.3) is 0 Å². The Morgan fingerprint density at radius 3 is 2.35 bits per heavy atom. The first-order chi connectivity index (χ1) is 9.74. The monoisotopic (exact) mass is 272 g/mol. The molecule has 4 fully saturated rings. The minimum absolute atomic E-state index is 0.116. The quantitative estimate of drug-likeness (QED) is 0.846. The summed E-state index contributed by atoms with van der Waals surface area (Å²) in [6.45, 7) is 0.428. The number of methoxy groups -OCH3 is 1. The highest BCUT2D eigenvalue weighted by Crippen LogP contribution is 2.58. The molecule has 20 heavy (non-hydrogen) atoms. The number of ether oxygens (including phenoxy) is 1. The molecule has 0 amide bonds. The normalized spacial score (nSPS) is 38.1. The molecule has 106 valence electrons. The number of hydrogen-bond donors (Lipinski definition) is 0. The van der Waals surface area contributed by atoms with E-state index in [2.05, 4.69) is 21.1 Å². The minimum atomic E-state index is 0.116. The molecule has 1 heterocycles. The lowest BCUT2D eigenvalue weighted by Crippen LogP contribution is -2.52. The van der Waals surface area contributed by atoms with Gasteiger partial charge >= 0.3 is 0 Å².